The topological polar surface area (TPSA) is 122 Å². The molecule has 1 saturated heterocycles. The molecule has 10 heteroatoms. The van der Waals surface area contributed by atoms with Crippen LogP contribution in [0.3, 0.4) is 0 Å². The van der Waals surface area contributed by atoms with E-state index < -0.39 is 0 Å². The number of aromatic nitrogens is 3. The molecule has 0 aliphatic carbocycles. The first-order chi connectivity index (χ1) is 19.0. The van der Waals surface area contributed by atoms with Gasteiger partial charge in [0.1, 0.15) is 5.82 Å². The number of rotatable bonds is 8. The summed E-state index contributed by atoms with van der Waals surface area (Å²) in [6.45, 7) is 3.69. The van der Waals surface area contributed by atoms with E-state index in [1.165, 1.54) is 6.08 Å². The van der Waals surface area contributed by atoms with Crippen molar-refractivity contribution in [3.8, 4) is 11.3 Å². The van der Waals surface area contributed by atoms with Gasteiger partial charge in [-0.1, -0.05) is 30.3 Å². The van der Waals surface area contributed by atoms with E-state index in [0.29, 0.717) is 48.4 Å². The molecule has 2 aromatic carbocycles. The number of ether oxygens (including phenoxy) is 1. The van der Waals surface area contributed by atoms with E-state index in [0.717, 1.165) is 35.4 Å². The van der Waals surface area contributed by atoms with Crippen LogP contribution in [0.15, 0.2) is 72.9 Å². The predicted octanol–water partition coefficient (Wildman–Crippen LogP) is 3.91. The van der Waals surface area contributed by atoms with Gasteiger partial charge < -0.3 is 30.9 Å². The van der Waals surface area contributed by atoms with E-state index in [9.17, 15) is 4.79 Å². The van der Waals surface area contributed by atoms with Crippen molar-refractivity contribution in [3.05, 3.63) is 72.9 Å². The maximum atomic E-state index is 12.4. The second-order valence-electron chi connectivity index (χ2n) is 9.46. The highest BCUT2D eigenvalue weighted by molar-refractivity contribution is 6.01. The van der Waals surface area contributed by atoms with Crippen molar-refractivity contribution in [2.24, 2.45) is 0 Å². The molecule has 0 bridgehead atoms. The molecule has 1 aliphatic heterocycles. The number of nitrogens with one attached hydrogen (secondary N) is 2. The van der Waals surface area contributed by atoms with Crippen LogP contribution in [0.2, 0.25) is 0 Å². The van der Waals surface area contributed by atoms with Gasteiger partial charge in [-0.3, -0.25) is 9.78 Å². The summed E-state index contributed by atoms with van der Waals surface area (Å²) in [7, 11) is 3.89. The summed E-state index contributed by atoms with van der Waals surface area (Å²) in [5.41, 5.74) is 11.1. The third-order valence-electron chi connectivity index (χ3n) is 6.30. The molecule has 0 spiro atoms. The van der Waals surface area contributed by atoms with Crippen molar-refractivity contribution in [2.45, 2.75) is 0 Å². The molecular weight excluding hydrogens is 492 g/mol. The number of carbonyl (C=O) groups excluding carboxylic acids is 1. The van der Waals surface area contributed by atoms with Crippen molar-refractivity contribution in [3.63, 3.8) is 0 Å². The molecule has 4 N–H and O–H groups in total. The Balaban J connectivity index is 1.45. The van der Waals surface area contributed by atoms with E-state index >= 15 is 0 Å². The van der Waals surface area contributed by atoms with Gasteiger partial charge in [0.2, 0.25) is 11.9 Å². The molecule has 200 valence electrons. The van der Waals surface area contributed by atoms with Crippen molar-refractivity contribution >= 4 is 45.6 Å². The Kier molecular flexibility index (Phi) is 7.95. The third-order valence-corrected chi connectivity index (χ3v) is 6.30. The fourth-order valence-electron chi connectivity index (χ4n) is 4.43. The molecule has 1 amide bonds. The predicted molar refractivity (Wildman–Crippen MR) is 156 cm³/mol. The number of amides is 1. The second-order valence-corrected chi connectivity index (χ2v) is 9.46. The number of anilines is 5. The molecular formula is C29H32N8O2. The van der Waals surface area contributed by atoms with Crippen LogP contribution in [-0.4, -0.2) is 72.7 Å². The van der Waals surface area contributed by atoms with Gasteiger partial charge in [-0.05, 0) is 44.4 Å². The highest BCUT2D eigenvalue weighted by Gasteiger charge is 2.17. The molecule has 0 atom stereocenters. The Hall–Kier alpha value is -4.54. The molecule has 0 unspecified atom stereocenters. The second kappa shape index (κ2) is 11.9. The minimum absolute atomic E-state index is 0.205. The number of nitrogen functional groups attached to an aromatic ring is 1. The summed E-state index contributed by atoms with van der Waals surface area (Å²) in [6.07, 6.45) is 5.00. The molecule has 4 aromatic rings. The molecule has 1 aliphatic rings. The maximum absolute atomic E-state index is 12.4. The Labute approximate surface area is 227 Å². The quantitative estimate of drug-likeness (QED) is 0.295. The summed E-state index contributed by atoms with van der Waals surface area (Å²) in [5, 5.41) is 7.00. The number of para-hydroxylation sites is 3. The fraction of sp³-hybridized carbons (Fsp3) is 0.241. The zero-order valence-electron chi connectivity index (χ0n) is 22.1. The molecule has 3 heterocycles. The van der Waals surface area contributed by atoms with Crippen LogP contribution in [0.4, 0.5) is 28.8 Å². The average Bonchev–Trinajstić information content (AvgIpc) is 2.93. The first kappa shape index (κ1) is 26.1. The van der Waals surface area contributed by atoms with Crippen molar-refractivity contribution in [1.82, 2.24) is 19.9 Å². The lowest BCUT2D eigenvalue weighted by Crippen LogP contribution is -2.36. The largest absolute Gasteiger partial charge is 0.383 e. The average molecular weight is 525 g/mol. The fourth-order valence-corrected chi connectivity index (χ4v) is 4.43. The lowest BCUT2D eigenvalue weighted by Gasteiger charge is -2.30. The summed E-state index contributed by atoms with van der Waals surface area (Å²) >= 11 is 0. The minimum atomic E-state index is -0.205. The zero-order chi connectivity index (χ0) is 27.2. The van der Waals surface area contributed by atoms with Crippen LogP contribution in [0.25, 0.3) is 22.2 Å². The highest BCUT2D eigenvalue weighted by atomic mass is 16.5. The molecule has 0 radical (unpaired) electrons. The van der Waals surface area contributed by atoms with Gasteiger partial charge >= 0.3 is 0 Å². The van der Waals surface area contributed by atoms with Crippen LogP contribution in [-0.2, 0) is 9.53 Å². The van der Waals surface area contributed by atoms with E-state index in [2.05, 4.69) is 31.6 Å². The summed E-state index contributed by atoms with van der Waals surface area (Å²) in [4.78, 5) is 30.6. The van der Waals surface area contributed by atoms with E-state index in [1.54, 1.807) is 12.3 Å². The summed E-state index contributed by atoms with van der Waals surface area (Å²) in [6, 6.07) is 17.4. The first-order valence-corrected chi connectivity index (χ1v) is 12.8. The number of carbonyl (C=O) groups is 1. The Morgan fingerprint density at radius 3 is 2.74 bits per heavy atom. The number of nitrogens with zero attached hydrogens (tertiary/aromatic N) is 5. The number of fused-ring (bicyclic) bond motifs is 1. The van der Waals surface area contributed by atoms with Crippen LogP contribution < -0.4 is 21.3 Å². The van der Waals surface area contributed by atoms with Crippen LogP contribution in [0.1, 0.15) is 0 Å². The van der Waals surface area contributed by atoms with Gasteiger partial charge in [0.15, 0.2) is 0 Å². The van der Waals surface area contributed by atoms with Gasteiger partial charge in [0.25, 0.3) is 0 Å². The number of pyridine rings is 1. The number of hydrogen-bond donors (Lipinski definition) is 3. The van der Waals surface area contributed by atoms with Gasteiger partial charge in [0, 0.05) is 48.5 Å². The smallest absolute Gasteiger partial charge is 0.248 e. The molecule has 10 nitrogen and oxygen atoms in total. The number of nitrogens with two attached hydrogens (primary N) is 1. The van der Waals surface area contributed by atoms with Crippen LogP contribution in [0.5, 0.6) is 0 Å². The SMILES string of the molecule is CN(C)C/C=C/C(=O)Nc1ccnc(-c2cccc3c(N)nc(Nc4ccccc4N4CCOCC4)nc23)c1. The standard InChI is InChI=1S/C29H32N8O2/c1-36(2)14-6-11-26(38)32-20-12-13-31-24(19-20)21-7-5-8-22-27(21)34-29(35-28(22)30)33-23-9-3-4-10-25(23)37-15-17-39-18-16-37/h3-13,19H,14-18H2,1-2H3,(H,31,32,38)(H3,30,33,34,35)/b11-6+. The van der Waals surface area contributed by atoms with Gasteiger partial charge in [-0.2, -0.15) is 4.98 Å². The molecule has 0 saturated carbocycles. The summed E-state index contributed by atoms with van der Waals surface area (Å²) < 4.78 is 5.52. The maximum Gasteiger partial charge on any atom is 0.248 e. The molecule has 2 aromatic heterocycles. The lowest BCUT2D eigenvalue weighted by molar-refractivity contribution is -0.111. The van der Waals surface area contributed by atoms with Crippen molar-refractivity contribution < 1.29 is 9.53 Å². The van der Waals surface area contributed by atoms with E-state index in [1.807, 2.05) is 67.5 Å². The zero-order valence-corrected chi connectivity index (χ0v) is 22.1. The normalized spacial score (nSPS) is 13.8. The Morgan fingerprint density at radius 1 is 1.10 bits per heavy atom. The first-order valence-electron chi connectivity index (χ1n) is 12.8. The Morgan fingerprint density at radius 2 is 1.92 bits per heavy atom. The van der Waals surface area contributed by atoms with Gasteiger partial charge in [-0.15, -0.1) is 0 Å². The number of benzene rings is 2. The van der Waals surface area contributed by atoms with Crippen molar-refractivity contribution in [2.75, 3.05) is 68.2 Å². The number of hydrogen-bond acceptors (Lipinski definition) is 9. The van der Waals surface area contributed by atoms with Crippen molar-refractivity contribution in [1.29, 1.82) is 0 Å². The molecule has 39 heavy (non-hydrogen) atoms. The minimum Gasteiger partial charge on any atom is -0.383 e. The Bertz CT molecular complexity index is 1500. The summed E-state index contributed by atoms with van der Waals surface area (Å²) in [5.74, 6) is 0.552. The molecule has 5 rings (SSSR count). The van der Waals surface area contributed by atoms with Crippen LogP contribution >= 0.6 is 0 Å². The highest BCUT2D eigenvalue weighted by Crippen LogP contribution is 2.33. The van der Waals surface area contributed by atoms with Gasteiger partial charge in [0.05, 0.1) is 35.8 Å². The number of likely N-dealkylation sites (N-methyl/N-ethyl adjacent to an activating group) is 1. The van der Waals surface area contributed by atoms with Crippen LogP contribution in [0, 0.1) is 0 Å². The van der Waals surface area contributed by atoms with Gasteiger partial charge in [-0.25, -0.2) is 4.98 Å². The van der Waals surface area contributed by atoms with E-state index in [-0.39, 0.29) is 5.91 Å². The number of morpholine rings is 1. The monoisotopic (exact) mass is 524 g/mol. The molecule has 1 fully saturated rings. The van der Waals surface area contributed by atoms with E-state index in [4.69, 9.17) is 15.5 Å². The lowest BCUT2D eigenvalue weighted by atomic mass is 10.1. The third kappa shape index (κ3) is 6.31.